The smallest absolute Gasteiger partial charge is 0.141 e. The molecule has 2 N–H and O–H groups in total. The molecule has 1 aromatic heterocycles. The van der Waals surface area contributed by atoms with Gasteiger partial charge in [-0.3, -0.25) is 4.99 Å². The summed E-state index contributed by atoms with van der Waals surface area (Å²) in [7, 11) is 0. The number of rotatable bonds is 6. The zero-order valence-corrected chi connectivity index (χ0v) is 22.0. The highest BCUT2D eigenvalue weighted by Gasteiger charge is 2.16. The van der Waals surface area contributed by atoms with E-state index in [4.69, 9.17) is 57.1 Å². The standard InChI is InChI=1S/C28H20Cl4N4/c29-21-9-1-17(2-10-21)15-34-27(33)19-5-7-20(8-6-19)28-35-25-13-23(31)24(32)14-26(25)36(28)16-18-3-11-22(30)12-4-18/h1-14H,15-16H2,(H2,33,34). The van der Waals surface area contributed by atoms with Crippen LogP contribution in [0.4, 0.5) is 0 Å². The van der Waals surface area contributed by atoms with E-state index in [1.165, 1.54) is 0 Å². The minimum absolute atomic E-state index is 0.463. The van der Waals surface area contributed by atoms with Crippen LogP contribution in [-0.4, -0.2) is 15.4 Å². The predicted octanol–water partition coefficient (Wildman–Crippen LogP) is 8.27. The van der Waals surface area contributed by atoms with Crippen LogP contribution in [0.3, 0.4) is 0 Å². The summed E-state index contributed by atoms with van der Waals surface area (Å²) in [6.07, 6.45) is 0. The molecule has 0 spiro atoms. The summed E-state index contributed by atoms with van der Waals surface area (Å²) in [6, 6.07) is 26.8. The molecule has 0 atom stereocenters. The highest BCUT2D eigenvalue weighted by molar-refractivity contribution is 6.42. The van der Waals surface area contributed by atoms with Crippen LogP contribution < -0.4 is 5.73 Å². The number of aromatic nitrogens is 2. The summed E-state index contributed by atoms with van der Waals surface area (Å²) in [5.74, 6) is 1.26. The zero-order valence-electron chi connectivity index (χ0n) is 18.9. The summed E-state index contributed by atoms with van der Waals surface area (Å²) < 4.78 is 2.12. The molecule has 0 fully saturated rings. The highest BCUT2D eigenvalue weighted by atomic mass is 35.5. The second-order valence-corrected chi connectivity index (χ2v) is 10.00. The molecule has 0 radical (unpaired) electrons. The van der Waals surface area contributed by atoms with E-state index in [1.807, 2.05) is 78.9 Å². The van der Waals surface area contributed by atoms with Crippen molar-refractivity contribution in [2.45, 2.75) is 13.1 Å². The molecule has 0 saturated heterocycles. The molecule has 4 aromatic carbocycles. The molecule has 36 heavy (non-hydrogen) atoms. The van der Waals surface area contributed by atoms with Gasteiger partial charge >= 0.3 is 0 Å². The van der Waals surface area contributed by atoms with Crippen molar-refractivity contribution in [1.82, 2.24) is 9.55 Å². The Balaban J connectivity index is 1.48. The van der Waals surface area contributed by atoms with Crippen LogP contribution in [0, 0.1) is 0 Å². The Bertz CT molecular complexity index is 1560. The van der Waals surface area contributed by atoms with Gasteiger partial charge in [0.25, 0.3) is 0 Å². The number of hydrogen-bond donors (Lipinski definition) is 1. The van der Waals surface area contributed by atoms with Gasteiger partial charge in [0, 0.05) is 27.7 Å². The van der Waals surface area contributed by atoms with E-state index in [9.17, 15) is 0 Å². The summed E-state index contributed by atoms with van der Waals surface area (Å²) in [5, 5.41) is 2.33. The van der Waals surface area contributed by atoms with E-state index in [0.717, 1.165) is 39.1 Å². The number of amidine groups is 1. The van der Waals surface area contributed by atoms with Crippen molar-refractivity contribution >= 4 is 63.3 Å². The van der Waals surface area contributed by atoms with Crippen LogP contribution in [0.2, 0.25) is 20.1 Å². The van der Waals surface area contributed by atoms with Gasteiger partial charge in [0.2, 0.25) is 0 Å². The fourth-order valence-electron chi connectivity index (χ4n) is 3.92. The molecule has 1 heterocycles. The summed E-state index contributed by atoms with van der Waals surface area (Å²) in [6.45, 7) is 1.07. The van der Waals surface area contributed by atoms with Gasteiger partial charge in [-0.15, -0.1) is 0 Å². The molecular weight excluding hydrogens is 534 g/mol. The van der Waals surface area contributed by atoms with Crippen LogP contribution in [0.5, 0.6) is 0 Å². The predicted molar refractivity (Wildman–Crippen MR) is 152 cm³/mol. The van der Waals surface area contributed by atoms with Crippen molar-refractivity contribution in [1.29, 1.82) is 0 Å². The highest BCUT2D eigenvalue weighted by Crippen LogP contribution is 2.32. The van der Waals surface area contributed by atoms with E-state index in [1.54, 1.807) is 6.07 Å². The zero-order chi connectivity index (χ0) is 25.2. The third kappa shape index (κ3) is 5.37. The normalized spacial score (nSPS) is 11.8. The molecule has 0 bridgehead atoms. The Morgan fingerprint density at radius 3 is 1.97 bits per heavy atom. The number of hydrogen-bond acceptors (Lipinski definition) is 2. The number of benzene rings is 4. The minimum atomic E-state index is 0.463. The Labute approximate surface area is 228 Å². The maximum Gasteiger partial charge on any atom is 0.141 e. The van der Waals surface area contributed by atoms with Crippen molar-refractivity contribution in [2.24, 2.45) is 10.7 Å². The fourth-order valence-corrected chi connectivity index (χ4v) is 4.49. The van der Waals surface area contributed by atoms with Gasteiger partial charge < -0.3 is 10.3 Å². The Hall–Kier alpha value is -3.02. The van der Waals surface area contributed by atoms with Gasteiger partial charge in [0.15, 0.2) is 0 Å². The summed E-state index contributed by atoms with van der Waals surface area (Å²) in [5.41, 5.74) is 11.8. The Morgan fingerprint density at radius 1 is 0.750 bits per heavy atom. The van der Waals surface area contributed by atoms with Gasteiger partial charge in [-0.2, -0.15) is 0 Å². The van der Waals surface area contributed by atoms with Crippen LogP contribution >= 0.6 is 46.4 Å². The van der Waals surface area contributed by atoms with E-state index < -0.39 is 0 Å². The number of fused-ring (bicyclic) bond motifs is 1. The van der Waals surface area contributed by atoms with E-state index >= 15 is 0 Å². The molecule has 180 valence electrons. The molecule has 0 amide bonds. The first-order chi connectivity index (χ1) is 17.4. The van der Waals surface area contributed by atoms with Crippen molar-refractivity contribution in [3.63, 3.8) is 0 Å². The average Bonchev–Trinajstić information content (AvgIpc) is 3.22. The molecule has 5 aromatic rings. The second kappa shape index (κ2) is 10.5. The third-order valence-corrected chi connectivity index (χ3v) is 7.05. The van der Waals surface area contributed by atoms with E-state index in [0.29, 0.717) is 39.0 Å². The number of nitrogens with zero attached hydrogens (tertiary/aromatic N) is 3. The molecule has 0 unspecified atom stereocenters. The van der Waals surface area contributed by atoms with Gasteiger partial charge in [-0.1, -0.05) is 94.9 Å². The first-order valence-electron chi connectivity index (χ1n) is 11.1. The second-order valence-electron chi connectivity index (χ2n) is 8.31. The number of nitrogens with two attached hydrogens (primary N) is 1. The Morgan fingerprint density at radius 2 is 1.33 bits per heavy atom. The molecule has 0 aliphatic heterocycles. The van der Waals surface area contributed by atoms with Crippen LogP contribution in [0.1, 0.15) is 16.7 Å². The lowest BCUT2D eigenvalue weighted by molar-refractivity contribution is 0.834. The lowest BCUT2D eigenvalue weighted by Gasteiger charge is -2.11. The van der Waals surface area contributed by atoms with Crippen LogP contribution in [0.15, 0.2) is 89.9 Å². The summed E-state index contributed by atoms with van der Waals surface area (Å²) in [4.78, 5) is 9.40. The molecule has 0 aliphatic rings. The van der Waals surface area contributed by atoms with Crippen LogP contribution in [0.25, 0.3) is 22.4 Å². The number of imidazole rings is 1. The lowest BCUT2D eigenvalue weighted by atomic mass is 10.1. The average molecular weight is 554 g/mol. The molecule has 0 aliphatic carbocycles. The molecule has 8 heteroatoms. The monoisotopic (exact) mass is 552 g/mol. The van der Waals surface area contributed by atoms with Gasteiger partial charge in [-0.25, -0.2) is 4.98 Å². The number of aliphatic imine (C=N–C) groups is 1. The first kappa shape index (κ1) is 24.7. The molecule has 4 nitrogen and oxygen atoms in total. The van der Waals surface area contributed by atoms with Gasteiger partial charge in [-0.05, 0) is 47.5 Å². The van der Waals surface area contributed by atoms with Gasteiger partial charge in [0.1, 0.15) is 11.7 Å². The summed E-state index contributed by atoms with van der Waals surface area (Å²) >= 11 is 24.7. The largest absolute Gasteiger partial charge is 0.383 e. The maximum absolute atomic E-state index is 6.35. The lowest BCUT2D eigenvalue weighted by Crippen LogP contribution is -2.13. The topological polar surface area (TPSA) is 56.2 Å². The van der Waals surface area contributed by atoms with E-state index in [2.05, 4.69) is 9.56 Å². The van der Waals surface area contributed by atoms with Crippen molar-refractivity contribution in [3.05, 3.63) is 122 Å². The Kier molecular flexibility index (Phi) is 7.22. The van der Waals surface area contributed by atoms with Gasteiger partial charge in [0.05, 0.1) is 27.6 Å². The molecular formula is C28H20Cl4N4. The van der Waals surface area contributed by atoms with Crippen molar-refractivity contribution in [2.75, 3.05) is 0 Å². The maximum atomic E-state index is 6.35. The van der Waals surface area contributed by atoms with Crippen LogP contribution in [-0.2, 0) is 13.1 Å². The number of halogens is 4. The molecule has 5 rings (SSSR count). The van der Waals surface area contributed by atoms with Crippen molar-refractivity contribution in [3.8, 4) is 11.4 Å². The third-order valence-electron chi connectivity index (χ3n) is 5.83. The SMILES string of the molecule is NC(=NCc1ccc(Cl)cc1)c1ccc(-c2nc3cc(Cl)c(Cl)cc3n2Cc2ccc(Cl)cc2)cc1. The minimum Gasteiger partial charge on any atom is -0.383 e. The molecule has 0 saturated carbocycles. The van der Waals surface area contributed by atoms with Crippen molar-refractivity contribution < 1.29 is 0 Å². The quantitative estimate of drug-likeness (QED) is 0.170. The first-order valence-corrected chi connectivity index (χ1v) is 12.6. The fraction of sp³-hybridized carbons (Fsp3) is 0.0714. The van der Waals surface area contributed by atoms with E-state index in [-0.39, 0.29) is 0 Å².